The van der Waals surface area contributed by atoms with Crippen LogP contribution in [0, 0.1) is 11.8 Å². The van der Waals surface area contributed by atoms with E-state index >= 15 is 0 Å². The first-order valence-electron chi connectivity index (χ1n) is 4.74. The zero-order valence-electron chi connectivity index (χ0n) is 7.54. The first-order chi connectivity index (χ1) is 6.31. The minimum absolute atomic E-state index is 0.784. The van der Waals surface area contributed by atoms with Crippen LogP contribution in [-0.4, -0.2) is 6.54 Å². The smallest absolute Gasteiger partial charge is 0.0207 e. The molecule has 1 saturated carbocycles. The van der Waals surface area contributed by atoms with E-state index in [1.165, 1.54) is 22.9 Å². The van der Waals surface area contributed by atoms with Gasteiger partial charge in [0.15, 0.2) is 0 Å². The molecule has 1 aromatic carbocycles. The maximum absolute atomic E-state index is 5.60. The highest BCUT2D eigenvalue weighted by atomic mass is 79.9. The van der Waals surface area contributed by atoms with E-state index in [1.54, 1.807) is 0 Å². The summed E-state index contributed by atoms with van der Waals surface area (Å²) in [6.07, 6.45) is 2.50. The Morgan fingerprint density at radius 2 is 2.08 bits per heavy atom. The molecular weight excluding hydrogens is 226 g/mol. The van der Waals surface area contributed by atoms with Gasteiger partial charge in [-0.2, -0.15) is 0 Å². The van der Waals surface area contributed by atoms with Crippen molar-refractivity contribution in [2.75, 3.05) is 6.54 Å². The summed E-state index contributed by atoms with van der Waals surface area (Å²) < 4.78 is 1.23. The molecule has 2 atom stereocenters. The molecule has 13 heavy (non-hydrogen) atoms. The van der Waals surface area contributed by atoms with Gasteiger partial charge in [-0.15, -0.1) is 0 Å². The minimum atomic E-state index is 0.784. The van der Waals surface area contributed by atoms with Crippen molar-refractivity contribution in [3.8, 4) is 0 Å². The van der Waals surface area contributed by atoms with E-state index < -0.39 is 0 Å². The number of hydrogen-bond donors (Lipinski definition) is 1. The molecule has 0 spiro atoms. The summed E-state index contributed by atoms with van der Waals surface area (Å²) >= 11 is 3.56. The lowest BCUT2D eigenvalue weighted by Gasteiger charge is -2.02. The Hall–Kier alpha value is -0.340. The van der Waals surface area contributed by atoms with Gasteiger partial charge < -0.3 is 5.73 Å². The van der Waals surface area contributed by atoms with E-state index in [1.807, 2.05) is 0 Å². The maximum atomic E-state index is 5.60. The van der Waals surface area contributed by atoms with Crippen molar-refractivity contribution in [2.45, 2.75) is 12.8 Å². The first-order valence-corrected chi connectivity index (χ1v) is 5.54. The quantitative estimate of drug-likeness (QED) is 0.863. The topological polar surface area (TPSA) is 26.0 Å². The Bertz CT molecular complexity index is 298. The summed E-state index contributed by atoms with van der Waals surface area (Å²) in [6.45, 7) is 0.856. The monoisotopic (exact) mass is 239 g/mol. The number of rotatable bonds is 3. The molecule has 0 bridgehead atoms. The average molecular weight is 240 g/mol. The maximum Gasteiger partial charge on any atom is 0.0207 e. The predicted molar refractivity (Wildman–Crippen MR) is 58.5 cm³/mol. The number of hydrogen-bond acceptors (Lipinski definition) is 1. The third-order valence-corrected chi connectivity index (χ3v) is 3.59. The standard InChI is InChI=1S/C11H14BrN/c12-11-4-2-1-3-8(11)5-9-6-10(9)7-13/h1-4,9-10H,5-7,13H2. The summed E-state index contributed by atoms with van der Waals surface area (Å²) in [4.78, 5) is 0. The second-order valence-corrected chi connectivity index (χ2v) is 4.64. The SMILES string of the molecule is NCC1CC1Cc1ccccc1Br. The molecule has 2 heteroatoms. The molecule has 1 aromatic rings. The average Bonchev–Trinajstić information content (AvgIpc) is 2.88. The highest BCUT2D eigenvalue weighted by Crippen LogP contribution is 2.40. The van der Waals surface area contributed by atoms with Crippen LogP contribution in [0.25, 0.3) is 0 Å². The number of nitrogens with two attached hydrogens (primary N) is 1. The molecule has 70 valence electrons. The lowest BCUT2D eigenvalue weighted by Crippen LogP contribution is -2.03. The van der Waals surface area contributed by atoms with Gasteiger partial charge in [0.25, 0.3) is 0 Å². The molecule has 0 radical (unpaired) electrons. The van der Waals surface area contributed by atoms with Crippen LogP contribution in [0.1, 0.15) is 12.0 Å². The minimum Gasteiger partial charge on any atom is -0.330 e. The van der Waals surface area contributed by atoms with Crippen LogP contribution < -0.4 is 5.73 Å². The summed E-state index contributed by atoms with van der Waals surface area (Å²) in [7, 11) is 0. The Morgan fingerprint density at radius 3 is 2.69 bits per heavy atom. The molecular formula is C11H14BrN. The Kier molecular flexibility index (Phi) is 2.70. The molecule has 0 saturated heterocycles. The Labute approximate surface area is 87.5 Å². The molecule has 1 fully saturated rings. The fourth-order valence-corrected chi connectivity index (χ4v) is 2.24. The highest BCUT2D eigenvalue weighted by molar-refractivity contribution is 9.10. The zero-order valence-corrected chi connectivity index (χ0v) is 9.13. The van der Waals surface area contributed by atoms with Crippen molar-refractivity contribution in [1.29, 1.82) is 0 Å². The Morgan fingerprint density at radius 1 is 1.31 bits per heavy atom. The fourth-order valence-electron chi connectivity index (χ4n) is 1.80. The number of benzene rings is 1. The third kappa shape index (κ3) is 2.12. The first kappa shape index (κ1) is 9.22. The molecule has 0 amide bonds. The lowest BCUT2D eigenvalue weighted by molar-refractivity contribution is 0.703. The number of halogens is 1. The molecule has 2 unspecified atom stereocenters. The predicted octanol–water partition coefficient (Wildman–Crippen LogP) is 2.59. The van der Waals surface area contributed by atoms with Gasteiger partial charge in [-0.1, -0.05) is 34.1 Å². The van der Waals surface area contributed by atoms with Crippen molar-refractivity contribution in [3.63, 3.8) is 0 Å². The molecule has 1 nitrogen and oxygen atoms in total. The molecule has 0 heterocycles. The van der Waals surface area contributed by atoms with Gasteiger partial charge >= 0.3 is 0 Å². The highest BCUT2D eigenvalue weighted by Gasteiger charge is 2.35. The van der Waals surface area contributed by atoms with Gasteiger partial charge in [-0.05, 0) is 42.9 Å². The van der Waals surface area contributed by atoms with Crippen LogP contribution in [-0.2, 0) is 6.42 Å². The summed E-state index contributed by atoms with van der Waals surface area (Å²) in [5.41, 5.74) is 7.02. The van der Waals surface area contributed by atoms with Crippen LogP contribution in [0.2, 0.25) is 0 Å². The van der Waals surface area contributed by atoms with Crippen LogP contribution in [0.3, 0.4) is 0 Å². The van der Waals surface area contributed by atoms with Gasteiger partial charge in [0.2, 0.25) is 0 Å². The van der Waals surface area contributed by atoms with Gasteiger partial charge in [-0.3, -0.25) is 0 Å². The fraction of sp³-hybridized carbons (Fsp3) is 0.455. The van der Waals surface area contributed by atoms with Gasteiger partial charge in [0.1, 0.15) is 0 Å². The molecule has 0 aliphatic heterocycles. The molecule has 1 aliphatic rings. The van der Waals surface area contributed by atoms with E-state index in [2.05, 4.69) is 40.2 Å². The summed E-state index contributed by atoms with van der Waals surface area (Å²) in [5, 5.41) is 0. The lowest BCUT2D eigenvalue weighted by atomic mass is 10.1. The molecule has 0 aromatic heterocycles. The van der Waals surface area contributed by atoms with Crippen molar-refractivity contribution in [1.82, 2.24) is 0 Å². The van der Waals surface area contributed by atoms with Gasteiger partial charge in [0.05, 0.1) is 0 Å². The second-order valence-electron chi connectivity index (χ2n) is 3.79. The molecule has 2 N–H and O–H groups in total. The normalized spacial score (nSPS) is 26.0. The van der Waals surface area contributed by atoms with E-state index in [0.29, 0.717) is 0 Å². The Balaban J connectivity index is 1.99. The zero-order chi connectivity index (χ0) is 9.26. The van der Waals surface area contributed by atoms with Crippen LogP contribution in [0.5, 0.6) is 0 Å². The van der Waals surface area contributed by atoms with E-state index in [0.717, 1.165) is 18.4 Å². The van der Waals surface area contributed by atoms with Crippen LogP contribution in [0.15, 0.2) is 28.7 Å². The van der Waals surface area contributed by atoms with Crippen molar-refractivity contribution >= 4 is 15.9 Å². The summed E-state index contributed by atoms with van der Waals surface area (Å²) in [6, 6.07) is 8.45. The van der Waals surface area contributed by atoms with Crippen molar-refractivity contribution in [3.05, 3.63) is 34.3 Å². The molecule has 2 rings (SSSR count). The van der Waals surface area contributed by atoms with Crippen LogP contribution in [0.4, 0.5) is 0 Å². The summed E-state index contributed by atoms with van der Waals surface area (Å²) in [5.74, 6) is 1.62. The van der Waals surface area contributed by atoms with E-state index in [4.69, 9.17) is 5.73 Å². The van der Waals surface area contributed by atoms with Gasteiger partial charge in [0, 0.05) is 4.47 Å². The van der Waals surface area contributed by atoms with E-state index in [-0.39, 0.29) is 0 Å². The third-order valence-electron chi connectivity index (χ3n) is 2.81. The van der Waals surface area contributed by atoms with Gasteiger partial charge in [-0.25, -0.2) is 0 Å². The van der Waals surface area contributed by atoms with Crippen molar-refractivity contribution in [2.24, 2.45) is 17.6 Å². The van der Waals surface area contributed by atoms with Crippen molar-refractivity contribution < 1.29 is 0 Å². The largest absolute Gasteiger partial charge is 0.330 e. The second kappa shape index (κ2) is 3.81. The van der Waals surface area contributed by atoms with Crippen LogP contribution >= 0.6 is 15.9 Å². The molecule has 1 aliphatic carbocycles. The van der Waals surface area contributed by atoms with E-state index in [9.17, 15) is 0 Å².